The second kappa shape index (κ2) is 13.1. The molecule has 4 aromatic rings. The average molecular weight is 499 g/mol. The number of oxime groups is 1. The van der Waals surface area contributed by atoms with Gasteiger partial charge in [-0.25, -0.2) is 4.98 Å². The van der Waals surface area contributed by atoms with Gasteiger partial charge in [0, 0.05) is 18.4 Å². The van der Waals surface area contributed by atoms with E-state index in [4.69, 9.17) is 18.7 Å². The maximum atomic E-state index is 11.6. The standard InChI is InChI=1S/C30H30N2O5/c1-22-27(31-30(37-22)25-11-7-4-8-12-25)19-20-35-26-15-13-23(14-16-26)21-36-32-28(17-18-29(33)34-2)24-9-5-3-6-10-24/h3-16H,17-21H2,1-2H3/b32-28+. The number of methoxy groups -OCH3 is 1. The first kappa shape index (κ1) is 25.7. The lowest BCUT2D eigenvalue weighted by atomic mass is 10.1. The van der Waals surface area contributed by atoms with Gasteiger partial charge in [0.25, 0.3) is 0 Å². The predicted molar refractivity (Wildman–Crippen MR) is 141 cm³/mol. The first-order valence-electron chi connectivity index (χ1n) is 12.2. The molecule has 0 spiro atoms. The summed E-state index contributed by atoms with van der Waals surface area (Å²) in [6, 6.07) is 27.2. The van der Waals surface area contributed by atoms with Crippen molar-refractivity contribution in [1.29, 1.82) is 0 Å². The van der Waals surface area contributed by atoms with Crippen LogP contribution in [-0.2, 0) is 27.4 Å². The van der Waals surface area contributed by atoms with Gasteiger partial charge in [-0.05, 0) is 42.3 Å². The fourth-order valence-electron chi connectivity index (χ4n) is 3.69. The zero-order chi connectivity index (χ0) is 25.9. The topological polar surface area (TPSA) is 83.2 Å². The Labute approximate surface area is 216 Å². The first-order chi connectivity index (χ1) is 18.1. The zero-order valence-electron chi connectivity index (χ0n) is 21.1. The van der Waals surface area contributed by atoms with Crippen LogP contribution >= 0.6 is 0 Å². The van der Waals surface area contributed by atoms with E-state index in [1.165, 1.54) is 7.11 Å². The molecule has 0 unspecified atom stereocenters. The number of nitrogens with zero attached hydrogens (tertiary/aromatic N) is 2. The lowest BCUT2D eigenvalue weighted by Crippen LogP contribution is -2.08. The Morgan fingerprint density at radius 3 is 2.32 bits per heavy atom. The molecule has 4 rings (SSSR count). The lowest BCUT2D eigenvalue weighted by Gasteiger charge is -2.08. The van der Waals surface area contributed by atoms with Gasteiger partial charge in [0.15, 0.2) is 0 Å². The second-order valence-corrected chi connectivity index (χ2v) is 8.38. The Balaban J connectivity index is 1.28. The number of carbonyl (C=O) groups is 1. The molecular weight excluding hydrogens is 468 g/mol. The second-order valence-electron chi connectivity index (χ2n) is 8.38. The maximum Gasteiger partial charge on any atom is 0.305 e. The fourth-order valence-corrected chi connectivity index (χ4v) is 3.69. The number of hydrogen-bond acceptors (Lipinski definition) is 7. The van der Waals surface area contributed by atoms with E-state index in [0.29, 0.717) is 37.7 Å². The molecule has 0 bridgehead atoms. The van der Waals surface area contributed by atoms with Crippen LogP contribution in [0.15, 0.2) is 94.5 Å². The molecule has 0 aliphatic carbocycles. The minimum Gasteiger partial charge on any atom is -0.493 e. The van der Waals surface area contributed by atoms with E-state index in [1.807, 2.05) is 91.9 Å². The number of rotatable bonds is 12. The molecule has 3 aromatic carbocycles. The molecule has 37 heavy (non-hydrogen) atoms. The van der Waals surface area contributed by atoms with Gasteiger partial charge in [-0.1, -0.05) is 65.8 Å². The number of ether oxygens (including phenoxy) is 2. The van der Waals surface area contributed by atoms with Gasteiger partial charge < -0.3 is 18.7 Å². The number of aromatic nitrogens is 1. The van der Waals surface area contributed by atoms with Crippen LogP contribution < -0.4 is 4.74 Å². The van der Waals surface area contributed by atoms with E-state index in [0.717, 1.165) is 33.9 Å². The molecule has 0 aliphatic rings. The van der Waals surface area contributed by atoms with Crippen LogP contribution in [0.25, 0.3) is 11.5 Å². The number of esters is 1. The van der Waals surface area contributed by atoms with Crippen molar-refractivity contribution in [3.8, 4) is 17.2 Å². The number of carbonyl (C=O) groups excluding carboxylic acids is 1. The Morgan fingerprint density at radius 2 is 1.62 bits per heavy atom. The first-order valence-corrected chi connectivity index (χ1v) is 12.2. The third kappa shape index (κ3) is 7.54. The Kier molecular flexibility index (Phi) is 9.07. The molecule has 7 nitrogen and oxygen atoms in total. The quantitative estimate of drug-likeness (QED) is 0.132. The van der Waals surface area contributed by atoms with Gasteiger partial charge in [0.2, 0.25) is 5.89 Å². The minimum absolute atomic E-state index is 0.237. The highest BCUT2D eigenvalue weighted by atomic mass is 16.6. The van der Waals surface area contributed by atoms with Crippen LogP contribution in [0, 0.1) is 6.92 Å². The van der Waals surface area contributed by atoms with Crippen LogP contribution in [0.4, 0.5) is 0 Å². The van der Waals surface area contributed by atoms with Crippen molar-refractivity contribution in [3.63, 3.8) is 0 Å². The van der Waals surface area contributed by atoms with Gasteiger partial charge in [-0.3, -0.25) is 4.79 Å². The van der Waals surface area contributed by atoms with Crippen molar-refractivity contribution in [1.82, 2.24) is 4.98 Å². The highest BCUT2D eigenvalue weighted by Gasteiger charge is 2.12. The molecule has 0 atom stereocenters. The molecule has 0 radical (unpaired) electrons. The summed E-state index contributed by atoms with van der Waals surface area (Å²) in [6.45, 7) is 2.71. The van der Waals surface area contributed by atoms with E-state index in [2.05, 4.69) is 10.1 Å². The van der Waals surface area contributed by atoms with Crippen LogP contribution in [-0.4, -0.2) is 30.4 Å². The van der Waals surface area contributed by atoms with Crippen molar-refractivity contribution >= 4 is 11.7 Å². The summed E-state index contributed by atoms with van der Waals surface area (Å²) in [5.41, 5.74) is 4.41. The normalized spacial score (nSPS) is 11.2. The predicted octanol–water partition coefficient (Wildman–Crippen LogP) is 6.15. The van der Waals surface area contributed by atoms with Crippen molar-refractivity contribution < 1.29 is 23.5 Å². The van der Waals surface area contributed by atoms with Gasteiger partial charge in [0.05, 0.1) is 31.5 Å². The van der Waals surface area contributed by atoms with Gasteiger partial charge in [-0.15, -0.1) is 0 Å². The van der Waals surface area contributed by atoms with Gasteiger partial charge in [0.1, 0.15) is 18.1 Å². The highest BCUT2D eigenvalue weighted by molar-refractivity contribution is 6.01. The fraction of sp³-hybridized carbons (Fsp3) is 0.233. The third-order valence-corrected chi connectivity index (χ3v) is 5.75. The van der Waals surface area contributed by atoms with Gasteiger partial charge in [-0.2, -0.15) is 0 Å². The largest absolute Gasteiger partial charge is 0.493 e. The van der Waals surface area contributed by atoms with E-state index < -0.39 is 0 Å². The maximum absolute atomic E-state index is 11.6. The number of oxazole rings is 1. The van der Waals surface area contributed by atoms with Crippen molar-refractivity contribution in [2.24, 2.45) is 5.16 Å². The smallest absolute Gasteiger partial charge is 0.305 e. The highest BCUT2D eigenvalue weighted by Crippen LogP contribution is 2.22. The summed E-state index contributed by atoms with van der Waals surface area (Å²) in [7, 11) is 1.38. The Morgan fingerprint density at radius 1 is 0.919 bits per heavy atom. The molecule has 0 saturated heterocycles. The molecule has 7 heteroatoms. The molecule has 0 aliphatic heterocycles. The molecule has 1 aromatic heterocycles. The average Bonchev–Trinajstić information content (AvgIpc) is 3.32. The van der Waals surface area contributed by atoms with Crippen LogP contribution in [0.1, 0.15) is 35.4 Å². The molecule has 0 N–H and O–H groups in total. The minimum atomic E-state index is -0.283. The van der Waals surface area contributed by atoms with E-state index in [-0.39, 0.29) is 12.4 Å². The number of aryl methyl sites for hydroxylation is 1. The van der Waals surface area contributed by atoms with E-state index in [9.17, 15) is 4.79 Å². The SMILES string of the molecule is COC(=O)CC/C(=N\OCc1ccc(OCCc2nc(-c3ccccc3)oc2C)cc1)c1ccccc1. The van der Waals surface area contributed by atoms with Gasteiger partial charge >= 0.3 is 5.97 Å². The summed E-state index contributed by atoms with van der Waals surface area (Å²) < 4.78 is 16.5. The Hall–Kier alpha value is -4.39. The van der Waals surface area contributed by atoms with Crippen LogP contribution in [0.3, 0.4) is 0 Å². The molecule has 1 heterocycles. The van der Waals surface area contributed by atoms with Crippen molar-refractivity contribution in [3.05, 3.63) is 108 Å². The van der Waals surface area contributed by atoms with Crippen molar-refractivity contribution in [2.75, 3.05) is 13.7 Å². The molecule has 190 valence electrons. The monoisotopic (exact) mass is 498 g/mol. The molecule has 0 fully saturated rings. The lowest BCUT2D eigenvalue weighted by molar-refractivity contribution is -0.140. The summed E-state index contributed by atoms with van der Waals surface area (Å²) in [4.78, 5) is 21.8. The van der Waals surface area contributed by atoms with Crippen LogP contribution in [0.5, 0.6) is 5.75 Å². The summed E-state index contributed by atoms with van der Waals surface area (Å²) in [5, 5.41) is 4.29. The Bertz CT molecular complexity index is 1300. The van der Waals surface area contributed by atoms with E-state index in [1.54, 1.807) is 0 Å². The summed E-state index contributed by atoms with van der Waals surface area (Å²) in [5.74, 6) is 1.91. The number of hydrogen-bond donors (Lipinski definition) is 0. The van der Waals surface area contributed by atoms with Crippen LogP contribution in [0.2, 0.25) is 0 Å². The molecular formula is C30H30N2O5. The van der Waals surface area contributed by atoms with Crippen molar-refractivity contribution in [2.45, 2.75) is 32.8 Å². The summed E-state index contributed by atoms with van der Waals surface area (Å²) >= 11 is 0. The number of benzene rings is 3. The van der Waals surface area contributed by atoms with E-state index >= 15 is 0 Å². The zero-order valence-corrected chi connectivity index (χ0v) is 21.1. The molecule has 0 saturated carbocycles. The summed E-state index contributed by atoms with van der Waals surface area (Å²) in [6.07, 6.45) is 1.32. The third-order valence-electron chi connectivity index (χ3n) is 5.75. The molecule has 0 amide bonds.